The molecule has 180 valence electrons. The maximum absolute atomic E-state index is 13.0. The standard InChI is InChI=1S/C23H29ClN2O6S/c1-3-31-18-7-9-19(10-8-18)33(28,29)26-13-11-17(12-14-26)23(27)25-21-6-4-5-20(24)22(21)32-16-15-30-2/h4-10,17H,3,11-16H2,1-2H3,(H,25,27). The number of amides is 1. The number of ether oxygens (including phenoxy) is 3. The minimum Gasteiger partial charge on any atom is -0.494 e. The smallest absolute Gasteiger partial charge is 0.243 e. The molecule has 1 aliphatic rings. The maximum atomic E-state index is 13.0. The Morgan fingerprint density at radius 3 is 2.42 bits per heavy atom. The molecule has 1 aliphatic heterocycles. The molecule has 10 heteroatoms. The van der Waals surface area contributed by atoms with E-state index in [0.29, 0.717) is 54.9 Å². The van der Waals surface area contributed by atoms with Crippen LogP contribution in [0.4, 0.5) is 5.69 Å². The van der Waals surface area contributed by atoms with Crippen molar-refractivity contribution in [1.29, 1.82) is 0 Å². The first-order valence-corrected chi connectivity index (χ1v) is 12.6. The highest BCUT2D eigenvalue weighted by Gasteiger charge is 2.32. The van der Waals surface area contributed by atoms with Gasteiger partial charge < -0.3 is 19.5 Å². The Hall–Kier alpha value is -2.33. The zero-order valence-electron chi connectivity index (χ0n) is 18.8. The molecule has 0 saturated carbocycles. The van der Waals surface area contributed by atoms with Crippen LogP contribution in [0.5, 0.6) is 11.5 Å². The fourth-order valence-electron chi connectivity index (χ4n) is 3.60. The largest absolute Gasteiger partial charge is 0.494 e. The lowest BCUT2D eigenvalue weighted by molar-refractivity contribution is -0.120. The Labute approximate surface area is 199 Å². The summed E-state index contributed by atoms with van der Waals surface area (Å²) in [5, 5.41) is 3.27. The lowest BCUT2D eigenvalue weighted by Crippen LogP contribution is -2.41. The van der Waals surface area contributed by atoms with E-state index in [4.69, 9.17) is 25.8 Å². The molecule has 8 nitrogen and oxygen atoms in total. The summed E-state index contributed by atoms with van der Waals surface area (Å²) < 4.78 is 43.4. The van der Waals surface area contributed by atoms with Crippen LogP contribution in [-0.2, 0) is 19.6 Å². The zero-order valence-corrected chi connectivity index (χ0v) is 20.3. The van der Waals surface area contributed by atoms with Crippen molar-refractivity contribution in [1.82, 2.24) is 4.31 Å². The van der Waals surface area contributed by atoms with Gasteiger partial charge in [0, 0.05) is 26.1 Å². The number of hydrogen-bond donors (Lipinski definition) is 1. The highest BCUT2D eigenvalue weighted by molar-refractivity contribution is 7.89. The number of carbonyl (C=O) groups excluding carboxylic acids is 1. The van der Waals surface area contributed by atoms with Gasteiger partial charge in [0.15, 0.2) is 5.75 Å². The molecular weight excluding hydrogens is 468 g/mol. The summed E-state index contributed by atoms with van der Waals surface area (Å²) in [6.07, 6.45) is 0.838. The van der Waals surface area contributed by atoms with Crippen molar-refractivity contribution in [3.05, 3.63) is 47.5 Å². The van der Waals surface area contributed by atoms with E-state index in [1.807, 2.05) is 6.92 Å². The number of rotatable bonds is 10. The van der Waals surface area contributed by atoms with Gasteiger partial charge in [-0.3, -0.25) is 4.79 Å². The third-order valence-corrected chi connectivity index (χ3v) is 7.57. The normalized spacial score (nSPS) is 15.2. The van der Waals surface area contributed by atoms with Gasteiger partial charge in [-0.15, -0.1) is 0 Å². The van der Waals surface area contributed by atoms with Crippen LogP contribution in [-0.4, -0.2) is 58.7 Å². The van der Waals surface area contributed by atoms with Crippen LogP contribution in [0.2, 0.25) is 5.02 Å². The Morgan fingerprint density at radius 2 is 1.79 bits per heavy atom. The summed E-state index contributed by atoms with van der Waals surface area (Å²) in [6, 6.07) is 11.5. The molecule has 2 aromatic carbocycles. The van der Waals surface area contributed by atoms with Gasteiger partial charge in [-0.1, -0.05) is 17.7 Å². The lowest BCUT2D eigenvalue weighted by Gasteiger charge is -2.30. The molecule has 0 atom stereocenters. The van der Waals surface area contributed by atoms with Gasteiger partial charge in [-0.05, 0) is 56.2 Å². The van der Waals surface area contributed by atoms with Crippen LogP contribution in [0.25, 0.3) is 0 Å². The van der Waals surface area contributed by atoms with Crippen LogP contribution in [0.15, 0.2) is 47.4 Å². The van der Waals surface area contributed by atoms with E-state index < -0.39 is 10.0 Å². The van der Waals surface area contributed by atoms with Crippen molar-refractivity contribution in [2.24, 2.45) is 5.92 Å². The Kier molecular flexibility index (Phi) is 8.96. The summed E-state index contributed by atoms with van der Waals surface area (Å²) >= 11 is 6.23. The third kappa shape index (κ3) is 6.38. The van der Waals surface area contributed by atoms with E-state index in [-0.39, 0.29) is 29.8 Å². The highest BCUT2D eigenvalue weighted by Crippen LogP contribution is 2.34. The number of nitrogens with one attached hydrogen (secondary N) is 1. The second kappa shape index (κ2) is 11.7. The van der Waals surface area contributed by atoms with E-state index in [1.165, 1.54) is 4.31 Å². The van der Waals surface area contributed by atoms with Gasteiger partial charge in [0.05, 0.1) is 28.8 Å². The fourth-order valence-corrected chi connectivity index (χ4v) is 5.30. The molecule has 0 aromatic heterocycles. The number of benzene rings is 2. The summed E-state index contributed by atoms with van der Waals surface area (Å²) in [5.74, 6) is 0.507. The molecule has 0 spiro atoms. The SMILES string of the molecule is CCOc1ccc(S(=O)(=O)N2CCC(C(=O)Nc3cccc(Cl)c3OCCOC)CC2)cc1. The topological polar surface area (TPSA) is 94.2 Å². The molecule has 33 heavy (non-hydrogen) atoms. The van der Waals surface area contributed by atoms with Crippen LogP contribution in [0.3, 0.4) is 0 Å². The minimum atomic E-state index is -3.63. The number of methoxy groups -OCH3 is 1. The average molecular weight is 497 g/mol. The van der Waals surface area contributed by atoms with Crippen LogP contribution in [0.1, 0.15) is 19.8 Å². The van der Waals surface area contributed by atoms with E-state index in [9.17, 15) is 13.2 Å². The van der Waals surface area contributed by atoms with Gasteiger partial charge >= 0.3 is 0 Å². The third-order valence-electron chi connectivity index (χ3n) is 5.36. The molecule has 3 rings (SSSR count). The van der Waals surface area contributed by atoms with Gasteiger partial charge in [0.1, 0.15) is 12.4 Å². The summed E-state index contributed by atoms with van der Waals surface area (Å²) in [4.78, 5) is 13.1. The summed E-state index contributed by atoms with van der Waals surface area (Å²) in [5.41, 5.74) is 0.480. The minimum absolute atomic E-state index is 0.188. The van der Waals surface area contributed by atoms with Crippen molar-refractivity contribution in [3.63, 3.8) is 0 Å². The molecule has 1 N–H and O–H groups in total. The summed E-state index contributed by atoms with van der Waals surface area (Å²) in [7, 11) is -2.06. The molecule has 0 radical (unpaired) electrons. The molecule has 1 heterocycles. The average Bonchev–Trinajstić information content (AvgIpc) is 2.81. The fraction of sp³-hybridized carbons (Fsp3) is 0.435. The number of anilines is 1. The number of sulfonamides is 1. The Bertz CT molecular complexity index is 1040. The van der Waals surface area contributed by atoms with Crippen LogP contribution < -0.4 is 14.8 Å². The number of carbonyl (C=O) groups is 1. The molecule has 1 fully saturated rings. The number of para-hydroxylation sites is 1. The molecule has 1 saturated heterocycles. The molecule has 0 unspecified atom stereocenters. The van der Waals surface area contributed by atoms with Crippen molar-refractivity contribution in [3.8, 4) is 11.5 Å². The van der Waals surface area contributed by atoms with E-state index in [1.54, 1.807) is 49.6 Å². The number of nitrogens with zero attached hydrogens (tertiary/aromatic N) is 1. The first kappa shape index (κ1) is 25.3. The monoisotopic (exact) mass is 496 g/mol. The highest BCUT2D eigenvalue weighted by atomic mass is 35.5. The molecular formula is C23H29ClN2O6S. The van der Waals surface area contributed by atoms with E-state index in [0.717, 1.165) is 0 Å². The van der Waals surface area contributed by atoms with E-state index in [2.05, 4.69) is 5.32 Å². The molecule has 0 bridgehead atoms. The molecule has 1 amide bonds. The molecule has 0 aliphatic carbocycles. The Morgan fingerprint density at radius 1 is 1.09 bits per heavy atom. The quantitative estimate of drug-likeness (QED) is 0.503. The van der Waals surface area contributed by atoms with Gasteiger partial charge in [-0.2, -0.15) is 4.31 Å². The van der Waals surface area contributed by atoms with Crippen LogP contribution >= 0.6 is 11.6 Å². The lowest BCUT2D eigenvalue weighted by atomic mass is 9.97. The van der Waals surface area contributed by atoms with Crippen molar-refractivity contribution in [2.75, 3.05) is 45.3 Å². The second-order valence-electron chi connectivity index (χ2n) is 7.53. The van der Waals surface area contributed by atoms with Gasteiger partial charge in [0.25, 0.3) is 0 Å². The first-order chi connectivity index (χ1) is 15.9. The van der Waals surface area contributed by atoms with E-state index >= 15 is 0 Å². The van der Waals surface area contributed by atoms with Crippen molar-refractivity contribution in [2.45, 2.75) is 24.7 Å². The first-order valence-electron chi connectivity index (χ1n) is 10.8. The van der Waals surface area contributed by atoms with Crippen molar-refractivity contribution >= 4 is 33.2 Å². The zero-order chi connectivity index (χ0) is 23.8. The van der Waals surface area contributed by atoms with Crippen molar-refractivity contribution < 1.29 is 27.4 Å². The van der Waals surface area contributed by atoms with Gasteiger partial charge in [-0.25, -0.2) is 8.42 Å². The number of hydrogen-bond acceptors (Lipinski definition) is 6. The number of piperidine rings is 1. The van der Waals surface area contributed by atoms with Crippen LogP contribution in [0, 0.1) is 5.92 Å². The summed E-state index contributed by atoms with van der Waals surface area (Å²) in [6.45, 7) is 3.59. The van der Waals surface area contributed by atoms with Gasteiger partial charge in [0.2, 0.25) is 15.9 Å². The molecule has 2 aromatic rings. The predicted octanol–water partition coefficient (Wildman–Crippen LogP) is 3.80. The maximum Gasteiger partial charge on any atom is 0.243 e. The number of halogens is 1. The Balaban J connectivity index is 1.61. The predicted molar refractivity (Wildman–Crippen MR) is 127 cm³/mol. The second-order valence-corrected chi connectivity index (χ2v) is 9.87.